The smallest absolute Gasteiger partial charge is 0.227 e. The van der Waals surface area contributed by atoms with Crippen molar-refractivity contribution in [1.29, 1.82) is 0 Å². The number of benzene rings is 1. The summed E-state index contributed by atoms with van der Waals surface area (Å²) < 4.78 is 0. The molecule has 2 heterocycles. The Morgan fingerprint density at radius 3 is 2.87 bits per heavy atom. The van der Waals surface area contributed by atoms with E-state index in [2.05, 4.69) is 21.4 Å². The van der Waals surface area contributed by atoms with Gasteiger partial charge in [0.05, 0.1) is 0 Å². The molecule has 116 valence electrons. The summed E-state index contributed by atoms with van der Waals surface area (Å²) >= 11 is 1.59. The van der Waals surface area contributed by atoms with Crippen molar-refractivity contribution in [2.75, 3.05) is 5.32 Å². The van der Waals surface area contributed by atoms with Crippen LogP contribution in [0.5, 0.6) is 0 Å². The molecular formula is C18H17N3OS. The first-order valence-corrected chi connectivity index (χ1v) is 8.66. The molecule has 1 N–H and O–H groups in total. The van der Waals surface area contributed by atoms with Gasteiger partial charge < -0.3 is 5.32 Å². The van der Waals surface area contributed by atoms with Gasteiger partial charge in [0.2, 0.25) is 5.91 Å². The molecule has 5 heteroatoms. The fraction of sp³-hybridized carbons (Fsp3) is 0.278. The number of pyridine rings is 1. The summed E-state index contributed by atoms with van der Waals surface area (Å²) in [5.74, 6) is 0.348. The lowest BCUT2D eigenvalue weighted by Crippen LogP contribution is -2.28. The molecule has 23 heavy (non-hydrogen) atoms. The summed E-state index contributed by atoms with van der Waals surface area (Å²) in [4.78, 5) is 22.0. The highest BCUT2D eigenvalue weighted by atomic mass is 32.1. The molecule has 1 aromatic carbocycles. The second-order valence-electron chi connectivity index (χ2n) is 5.99. The van der Waals surface area contributed by atoms with E-state index in [4.69, 9.17) is 0 Å². The lowest BCUT2D eigenvalue weighted by atomic mass is 9.85. The average molecular weight is 323 g/mol. The van der Waals surface area contributed by atoms with Crippen LogP contribution in [0, 0.1) is 12.8 Å². The van der Waals surface area contributed by atoms with Crippen molar-refractivity contribution >= 4 is 33.3 Å². The van der Waals surface area contributed by atoms with E-state index < -0.39 is 0 Å². The lowest BCUT2D eigenvalue weighted by Gasteiger charge is -2.24. The molecule has 1 aliphatic carbocycles. The highest BCUT2D eigenvalue weighted by molar-refractivity contribution is 7.21. The molecule has 0 saturated heterocycles. The summed E-state index contributed by atoms with van der Waals surface area (Å²) in [5.41, 5.74) is 3.94. The summed E-state index contributed by atoms with van der Waals surface area (Å²) in [6, 6.07) is 9.94. The van der Waals surface area contributed by atoms with E-state index in [1.807, 2.05) is 31.2 Å². The van der Waals surface area contributed by atoms with Gasteiger partial charge in [0.25, 0.3) is 0 Å². The number of rotatable bonds is 3. The van der Waals surface area contributed by atoms with Crippen molar-refractivity contribution in [3.8, 4) is 10.6 Å². The molecule has 0 bridgehead atoms. The van der Waals surface area contributed by atoms with Gasteiger partial charge in [-0.05, 0) is 55.7 Å². The maximum atomic E-state index is 12.1. The van der Waals surface area contributed by atoms with Crippen LogP contribution in [-0.4, -0.2) is 15.9 Å². The van der Waals surface area contributed by atoms with Crippen molar-refractivity contribution in [3.63, 3.8) is 0 Å². The Bertz CT molecular complexity index is 850. The topological polar surface area (TPSA) is 54.9 Å². The summed E-state index contributed by atoms with van der Waals surface area (Å²) in [6.07, 6.45) is 4.99. The molecule has 0 spiro atoms. The highest BCUT2D eigenvalue weighted by Gasteiger charge is 2.25. The Kier molecular flexibility index (Phi) is 3.58. The molecule has 1 fully saturated rings. The van der Waals surface area contributed by atoms with Gasteiger partial charge in [-0.15, -0.1) is 0 Å². The Morgan fingerprint density at radius 1 is 1.30 bits per heavy atom. The van der Waals surface area contributed by atoms with E-state index in [0.717, 1.165) is 45.0 Å². The van der Waals surface area contributed by atoms with Crippen molar-refractivity contribution < 1.29 is 4.79 Å². The van der Waals surface area contributed by atoms with Crippen molar-refractivity contribution in [2.45, 2.75) is 26.2 Å². The van der Waals surface area contributed by atoms with E-state index in [-0.39, 0.29) is 11.8 Å². The number of thiazole rings is 1. The number of hydrogen-bond donors (Lipinski definition) is 1. The van der Waals surface area contributed by atoms with Gasteiger partial charge >= 0.3 is 0 Å². The van der Waals surface area contributed by atoms with E-state index >= 15 is 0 Å². The Morgan fingerprint density at radius 2 is 2.17 bits per heavy atom. The minimum atomic E-state index is 0.149. The van der Waals surface area contributed by atoms with Gasteiger partial charge in [-0.25, -0.2) is 9.97 Å². The van der Waals surface area contributed by atoms with Crippen LogP contribution in [-0.2, 0) is 4.79 Å². The Labute approximate surface area is 138 Å². The minimum Gasteiger partial charge on any atom is -0.326 e. The maximum Gasteiger partial charge on any atom is 0.227 e. The quantitative estimate of drug-likeness (QED) is 0.777. The van der Waals surface area contributed by atoms with Crippen LogP contribution in [0.1, 0.15) is 24.8 Å². The zero-order valence-electron chi connectivity index (χ0n) is 12.9. The first-order chi connectivity index (χ1) is 11.2. The average Bonchev–Trinajstić information content (AvgIpc) is 2.91. The number of fused-ring (bicyclic) bond motifs is 1. The molecule has 1 amide bonds. The first-order valence-electron chi connectivity index (χ1n) is 7.84. The molecule has 0 aliphatic heterocycles. The largest absolute Gasteiger partial charge is 0.326 e. The Balaban J connectivity index is 1.60. The number of nitrogens with one attached hydrogen (secondary N) is 1. The van der Waals surface area contributed by atoms with Crippen LogP contribution in [0.4, 0.5) is 5.69 Å². The monoisotopic (exact) mass is 323 g/mol. The van der Waals surface area contributed by atoms with Gasteiger partial charge in [-0.3, -0.25) is 4.79 Å². The summed E-state index contributed by atoms with van der Waals surface area (Å²) in [7, 11) is 0. The maximum absolute atomic E-state index is 12.1. The molecule has 4 rings (SSSR count). The van der Waals surface area contributed by atoms with Crippen LogP contribution in [0.15, 0.2) is 36.5 Å². The minimum absolute atomic E-state index is 0.149. The molecule has 1 aliphatic rings. The number of carbonyl (C=O) groups excluding carboxylic acids is 1. The molecule has 0 atom stereocenters. The second kappa shape index (κ2) is 5.74. The molecule has 1 saturated carbocycles. The van der Waals surface area contributed by atoms with Crippen molar-refractivity contribution in [1.82, 2.24) is 9.97 Å². The number of aromatic nitrogens is 2. The second-order valence-corrected chi connectivity index (χ2v) is 6.97. The SMILES string of the molecule is Cc1cc(-c2nc3cccnc3s2)ccc1NC(=O)C1CCC1. The third-order valence-electron chi connectivity index (χ3n) is 4.37. The number of hydrogen-bond acceptors (Lipinski definition) is 4. The van der Waals surface area contributed by atoms with Crippen LogP contribution in [0.2, 0.25) is 0 Å². The van der Waals surface area contributed by atoms with E-state index in [1.54, 1.807) is 17.5 Å². The van der Waals surface area contributed by atoms with Gasteiger partial charge in [-0.2, -0.15) is 0 Å². The number of nitrogens with zero attached hydrogens (tertiary/aromatic N) is 2. The normalized spacial score (nSPS) is 14.7. The molecule has 3 aromatic rings. The number of anilines is 1. The fourth-order valence-corrected chi connectivity index (χ4v) is 3.64. The fourth-order valence-electron chi connectivity index (χ4n) is 2.74. The number of carbonyl (C=O) groups is 1. The van der Waals surface area contributed by atoms with Gasteiger partial charge in [0, 0.05) is 23.4 Å². The third kappa shape index (κ3) is 2.72. The van der Waals surface area contributed by atoms with Crippen LogP contribution in [0.25, 0.3) is 20.9 Å². The zero-order valence-corrected chi connectivity index (χ0v) is 13.7. The molecule has 0 radical (unpaired) electrons. The van der Waals surface area contributed by atoms with Gasteiger partial charge in [0.1, 0.15) is 15.4 Å². The predicted molar refractivity (Wildman–Crippen MR) is 93.6 cm³/mol. The van der Waals surface area contributed by atoms with Gasteiger partial charge in [-0.1, -0.05) is 17.8 Å². The highest BCUT2D eigenvalue weighted by Crippen LogP contribution is 2.32. The zero-order chi connectivity index (χ0) is 15.8. The number of aryl methyl sites for hydroxylation is 1. The standard InChI is InChI=1S/C18H17N3OS/c1-11-10-13(17-21-15-6-3-9-19-18(15)23-17)7-8-14(11)20-16(22)12-4-2-5-12/h3,6-10,12H,2,4-5H2,1H3,(H,20,22). The van der Waals surface area contributed by atoms with E-state index in [1.165, 1.54) is 6.42 Å². The van der Waals surface area contributed by atoms with E-state index in [0.29, 0.717) is 0 Å². The van der Waals surface area contributed by atoms with E-state index in [9.17, 15) is 4.79 Å². The van der Waals surface area contributed by atoms with Crippen LogP contribution < -0.4 is 5.32 Å². The third-order valence-corrected chi connectivity index (χ3v) is 5.40. The molecular weight excluding hydrogens is 306 g/mol. The summed E-state index contributed by atoms with van der Waals surface area (Å²) in [6.45, 7) is 2.02. The summed E-state index contributed by atoms with van der Waals surface area (Å²) in [5, 5.41) is 4.01. The van der Waals surface area contributed by atoms with Gasteiger partial charge in [0.15, 0.2) is 0 Å². The number of amides is 1. The predicted octanol–water partition coefficient (Wildman–Crippen LogP) is 4.41. The molecule has 2 aromatic heterocycles. The molecule has 4 nitrogen and oxygen atoms in total. The Hall–Kier alpha value is -2.27. The molecule has 0 unspecified atom stereocenters. The van der Waals surface area contributed by atoms with Crippen LogP contribution in [0.3, 0.4) is 0 Å². The van der Waals surface area contributed by atoms with Crippen molar-refractivity contribution in [2.24, 2.45) is 5.92 Å². The lowest BCUT2D eigenvalue weighted by molar-refractivity contribution is -0.122. The van der Waals surface area contributed by atoms with Crippen LogP contribution >= 0.6 is 11.3 Å². The van der Waals surface area contributed by atoms with Crippen molar-refractivity contribution in [3.05, 3.63) is 42.1 Å². The first kappa shape index (κ1) is 14.3.